The number of amides is 2. The first kappa shape index (κ1) is 23.4. The number of nitrogens with one attached hydrogen (secondary N) is 2. The third-order valence-corrected chi connectivity index (χ3v) is 6.73. The summed E-state index contributed by atoms with van der Waals surface area (Å²) in [6.45, 7) is 3.59. The Hall–Kier alpha value is -2.26. The number of aryl methyl sites for hydroxylation is 1. The second-order valence-corrected chi connectivity index (χ2v) is 9.34. The molecule has 31 heavy (non-hydrogen) atoms. The van der Waals surface area contributed by atoms with Crippen LogP contribution >= 0.6 is 22.9 Å². The average Bonchev–Trinajstić information content (AvgIpc) is 3.03. The molecular weight excluding hydrogens is 451 g/mol. The molecule has 0 spiro atoms. The largest absolute Gasteiger partial charge is 0.416 e. The van der Waals surface area contributed by atoms with E-state index in [9.17, 15) is 22.8 Å². The Morgan fingerprint density at radius 3 is 2.45 bits per heavy atom. The lowest BCUT2D eigenvalue weighted by atomic mass is 9.95. The zero-order chi connectivity index (χ0) is 22.9. The monoisotopic (exact) mass is 473 g/mol. The minimum atomic E-state index is -4.51. The fourth-order valence-electron chi connectivity index (χ4n) is 3.62. The number of carbonyl (C=O) groups is 2. The second kappa shape index (κ2) is 9.08. The zero-order valence-corrected chi connectivity index (χ0v) is 18.6. The van der Waals surface area contributed by atoms with Gasteiger partial charge in [-0.1, -0.05) is 25.4 Å². The first-order valence-electron chi connectivity index (χ1n) is 9.87. The maximum Gasteiger partial charge on any atom is 0.416 e. The number of thiophene rings is 1. The molecule has 168 valence electrons. The lowest BCUT2D eigenvalue weighted by Crippen LogP contribution is -2.39. The number of halogens is 4. The van der Waals surface area contributed by atoms with Crippen LogP contribution in [0.1, 0.15) is 53.1 Å². The standard InChI is InChI=1S/C21H23ClF3N3O2S/c1-10(2)17(27-14-8-7-11(9-13(14)22)21(23,24)25)19(30)28-20-16(18(26)29)12-5-3-4-6-15(12)31-20/h7-10,17,27H,3-6H2,1-2H3,(H2,26,29)(H,28,30)/t17-/m0/s1. The molecular formula is C21H23ClF3N3O2S. The van der Waals surface area contributed by atoms with Gasteiger partial charge >= 0.3 is 6.18 Å². The van der Waals surface area contributed by atoms with Crippen molar-refractivity contribution in [2.24, 2.45) is 11.7 Å². The Bertz CT molecular complexity index is 1000. The van der Waals surface area contributed by atoms with Crippen LogP contribution < -0.4 is 16.4 Å². The van der Waals surface area contributed by atoms with Crippen molar-refractivity contribution in [3.8, 4) is 0 Å². The highest BCUT2D eigenvalue weighted by molar-refractivity contribution is 7.17. The van der Waals surface area contributed by atoms with Gasteiger partial charge in [0.2, 0.25) is 5.91 Å². The lowest BCUT2D eigenvalue weighted by molar-refractivity contribution is -0.137. The molecule has 2 aromatic rings. The molecule has 5 nitrogen and oxygen atoms in total. The third kappa shape index (κ3) is 5.15. The van der Waals surface area contributed by atoms with Crippen molar-refractivity contribution in [1.29, 1.82) is 0 Å². The minimum Gasteiger partial charge on any atom is -0.372 e. The number of hydrogen-bond donors (Lipinski definition) is 3. The van der Waals surface area contributed by atoms with Gasteiger partial charge in [0.15, 0.2) is 0 Å². The number of benzene rings is 1. The molecule has 1 atom stereocenters. The molecule has 3 rings (SSSR count). The Morgan fingerprint density at radius 2 is 1.87 bits per heavy atom. The predicted octanol–water partition coefficient (Wildman–Crippen LogP) is 5.47. The van der Waals surface area contributed by atoms with E-state index in [4.69, 9.17) is 17.3 Å². The van der Waals surface area contributed by atoms with Crippen molar-refractivity contribution in [2.75, 3.05) is 10.6 Å². The van der Waals surface area contributed by atoms with Crippen molar-refractivity contribution < 1.29 is 22.8 Å². The van der Waals surface area contributed by atoms with Crippen molar-refractivity contribution in [1.82, 2.24) is 0 Å². The van der Waals surface area contributed by atoms with Gasteiger partial charge in [0.25, 0.3) is 5.91 Å². The topological polar surface area (TPSA) is 84.2 Å². The summed E-state index contributed by atoms with van der Waals surface area (Å²) in [5, 5.41) is 6.00. The molecule has 0 bridgehead atoms. The number of carbonyl (C=O) groups excluding carboxylic acids is 2. The van der Waals surface area contributed by atoms with E-state index in [0.29, 0.717) is 10.6 Å². The summed E-state index contributed by atoms with van der Waals surface area (Å²) in [7, 11) is 0. The summed E-state index contributed by atoms with van der Waals surface area (Å²) in [5.74, 6) is -1.23. The van der Waals surface area contributed by atoms with E-state index in [2.05, 4.69) is 10.6 Å². The van der Waals surface area contributed by atoms with Gasteiger partial charge in [0, 0.05) is 4.88 Å². The first-order chi connectivity index (χ1) is 14.5. The fraction of sp³-hybridized carbons (Fsp3) is 0.429. The maximum atomic E-state index is 13.0. The molecule has 0 unspecified atom stereocenters. The molecule has 0 aliphatic heterocycles. The van der Waals surface area contributed by atoms with Crippen molar-refractivity contribution in [3.05, 3.63) is 44.8 Å². The summed E-state index contributed by atoms with van der Waals surface area (Å²) in [4.78, 5) is 26.1. The van der Waals surface area contributed by atoms with Crippen LogP contribution in [0.4, 0.5) is 23.9 Å². The van der Waals surface area contributed by atoms with Crippen LogP contribution in [0.15, 0.2) is 18.2 Å². The summed E-state index contributed by atoms with van der Waals surface area (Å²) < 4.78 is 38.6. The number of anilines is 2. The lowest BCUT2D eigenvalue weighted by Gasteiger charge is -2.23. The SMILES string of the molecule is CC(C)[C@H](Nc1ccc(C(F)(F)F)cc1Cl)C(=O)Nc1sc2c(c1C(N)=O)CCCC2. The van der Waals surface area contributed by atoms with E-state index in [1.54, 1.807) is 13.8 Å². The van der Waals surface area contributed by atoms with Gasteiger partial charge in [-0.25, -0.2) is 0 Å². The molecule has 1 aliphatic carbocycles. The smallest absolute Gasteiger partial charge is 0.372 e. The van der Waals surface area contributed by atoms with Crippen LogP contribution in [0.3, 0.4) is 0 Å². The summed E-state index contributed by atoms with van der Waals surface area (Å²) >= 11 is 7.38. The van der Waals surface area contributed by atoms with Crippen LogP contribution in [-0.2, 0) is 23.8 Å². The highest BCUT2D eigenvalue weighted by Crippen LogP contribution is 2.38. The van der Waals surface area contributed by atoms with Crippen LogP contribution in [0.2, 0.25) is 5.02 Å². The van der Waals surface area contributed by atoms with Crippen molar-refractivity contribution >= 4 is 45.4 Å². The molecule has 4 N–H and O–H groups in total. The van der Waals surface area contributed by atoms with Gasteiger partial charge < -0.3 is 16.4 Å². The van der Waals surface area contributed by atoms with E-state index >= 15 is 0 Å². The Balaban J connectivity index is 1.84. The summed E-state index contributed by atoms with van der Waals surface area (Å²) in [6, 6.07) is 2.13. The average molecular weight is 474 g/mol. The first-order valence-corrected chi connectivity index (χ1v) is 11.1. The normalized spacial score (nSPS) is 14.8. The van der Waals surface area contributed by atoms with Crippen molar-refractivity contribution in [2.45, 2.75) is 51.7 Å². The van der Waals surface area contributed by atoms with E-state index in [1.165, 1.54) is 17.4 Å². The molecule has 1 aromatic heterocycles. The number of rotatable bonds is 6. The van der Waals surface area contributed by atoms with Crippen LogP contribution in [0.5, 0.6) is 0 Å². The number of primary amides is 1. The second-order valence-electron chi connectivity index (χ2n) is 7.83. The molecule has 0 saturated heterocycles. The Kier molecular flexibility index (Phi) is 6.85. The molecule has 2 amide bonds. The minimum absolute atomic E-state index is 0.141. The predicted molar refractivity (Wildman–Crippen MR) is 117 cm³/mol. The van der Waals surface area contributed by atoms with E-state index < -0.39 is 29.6 Å². The van der Waals surface area contributed by atoms with Gasteiger partial charge in [0.1, 0.15) is 11.0 Å². The van der Waals surface area contributed by atoms with Crippen LogP contribution in [0.25, 0.3) is 0 Å². The maximum absolute atomic E-state index is 13.0. The van der Waals surface area contributed by atoms with Crippen LogP contribution in [0, 0.1) is 5.92 Å². The van der Waals surface area contributed by atoms with Gasteiger partial charge in [-0.15, -0.1) is 11.3 Å². The number of nitrogens with two attached hydrogens (primary N) is 1. The highest BCUT2D eigenvalue weighted by Gasteiger charge is 2.32. The van der Waals surface area contributed by atoms with Crippen LogP contribution in [-0.4, -0.2) is 17.9 Å². The summed E-state index contributed by atoms with van der Waals surface area (Å²) in [6.07, 6.45) is -0.960. The molecule has 1 aromatic carbocycles. The summed E-state index contributed by atoms with van der Waals surface area (Å²) in [5.41, 5.74) is 6.17. The van der Waals surface area contributed by atoms with Gasteiger partial charge in [-0.3, -0.25) is 9.59 Å². The number of hydrogen-bond acceptors (Lipinski definition) is 4. The van der Waals surface area contributed by atoms with Gasteiger partial charge in [-0.05, 0) is 55.4 Å². The Morgan fingerprint density at radius 1 is 1.19 bits per heavy atom. The van der Waals surface area contributed by atoms with Gasteiger partial charge in [0.05, 0.1) is 21.8 Å². The molecule has 1 aliphatic rings. The Labute approximate surface area is 187 Å². The number of fused-ring (bicyclic) bond motifs is 1. The van der Waals surface area contributed by atoms with Gasteiger partial charge in [-0.2, -0.15) is 13.2 Å². The van der Waals surface area contributed by atoms with E-state index in [1.807, 2.05) is 0 Å². The fourth-order valence-corrected chi connectivity index (χ4v) is 5.15. The van der Waals surface area contributed by atoms with Crippen molar-refractivity contribution in [3.63, 3.8) is 0 Å². The molecule has 0 fully saturated rings. The molecule has 0 saturated carbocycles. The number of alkyl halides is 3. The molecule has 1 heterocycles. The van der Waals surface area contributed by atoms with E-state index in [0.717, 1.165) is 48.3 Å². The third-order valence-electron chi connectivity index (χ3n) is 5.21. The zero-order valence-electron chi connectivity index (χ0n) is 17.0. The quantitative estimate of drug-likeness (QED) is 0.520. The van der Waals surface area contributed by atoms with E-state index in [-0.39, 0.29) is 16.6 Å². The molecule has 0 radical (unpaired) electrons. The molecule has 10 heteroatoms. The highest BCUT2D eigenvalue weighted by atomic mass is 35.5.